The zero-order valence-corrected chi connectivity index (χ0v) is 8.33. The summed E-state index contributed by atoms with van der Waals surface area (Å²) in [4.78, 5) is 11.1. The van der Waals surface area contributed by atoms with E-state index in [4.69, 9.17) is 11.0 Å². The van der Waals surface area contributed by atoms with Gasteiger partial charge in [0.05, 0.1) is 11.3 Å². The van der Waals surface area contributed by atoms with E-state index in [1.807, 2.05) is 0 Å². The van der Waals surface area contributed by atoms with Crippen LogP contribution in [0.5, 0.6) is 5.75 Å². The van der Waals surface area contributed by atoms with E-state index in [0.717, 1.165) is 12.1 Å². The first-order valence-electron chi connectivity index (χ1n) is 4.25. The van der Waals surface area contributed by atoms with Gasteiger partial charge in [-0.3, -0.25) is 4.79 Å². The van der Waals surface area contributed by atoms with Crippen LogP contribution in [0.1, 0.15) is 22.8 Å². The summed E-state index contributed by atoms with van der Waals surface area (Å²) in [5, 5.41) is 8.70. The number of ether oxygens (including phenoxy) is 1. The Morgan fingerprint density at radius 1 is 1.56 bits per heavy atom. The van der Waals surface area contributed by atoms with Gasteiger partial charge in [-0.05, 0) is 13.0 Å². The van der Waals surface area contributed by atoms with Crippen LogP contribution in [0.2, 0.25) is 0 Å². The zero-order chi connectivity index (χ0) is 12.3. The van der Waals surface area contributed by atoms with E-state index in [1.165, 1.54) is 6.92 Å². The van der Waals surface area contributed by atoms with Gasteiger partial charge in [0.2, 0.25) is 0 Å². The molecule has 0 aromatic heterocycles. The van der Waals surface area contributed by atoms with Crippen molar-refractivity contribution in [2.45, 2.75) is 13.5 Å². The molecule has 0 radical (unpaired) electrons. The van der Waals surface area contributed by atoms with Crippen molar-refractivity contribution in [1.29, 1.82) is 5.26 Å². The van der Waals surface area contributed by atoms with Crippen molar-refractivity contribution < 1.29 is 18.3 Å². The second kappa shape index (κ2) is 4.57. The number of nitriles is 1. The van der Waals surface area contributed by atoms with Crippen LogP contribution in [-0.2, 0) is 0 Å². The Hall–Kier alpha value is -2.16. The Labute approximate surface area is 90.2 Å². The molecule has 0 spiro atoms. The normalized spacial score (nSPS) is 9.94. The van der Waals surface area contributed by atoms with Crippen LogP contribution in [-0.4, -0.2) is 12.4 Å². The van der Waals surface area contributed by atoms with Gasteiger partial charge in [0.15, 0.2) is 5.78 Å². The molecule has 0 atom stereocenters. The number of nitrogen functional groups attached to an aromatic ring is 1. The second-order valence-electron chi connectivity index (χ2n) is 2.98. The monoisotopic (exact) mass is 226 g/mol. The lowest BCUT2D eigenvalue weighted by atomic mass is 10.0. The number of Topliss-reactive ketones (excluding diaryl/α,β-unsaturated/α-hetero) is 1. The largest absolute Gasteiger partial charge is 0.435 e. The molecule has 0 fully saturated rings. The molecule has 0 aliphatic rings. The fraction of sp³-hybridized carbons (Fsp3) is 0.200. The molecule has 0 aliphatic heterocycles. The molecule has 1 aromatic rings. The van der Waals surface area contributed by atoms with Gasteiger partial charge >= 0.3 is 6.61 Å². The zero-order valence-electron chi connectivity index (χ0n) is 8.33. The fourth-order valence-corrected chi connectivity index (χ4v) is 1.18. The number of carbonyl (C=O) groups is 1. The number of nitrogens with two attached hydrogens (primary N) is 1. The first-order valence-corrected chi connectivity index (χ1v) is 4.25. The minimum Gasteiger partial charge on any atom is -0.435 e. The van der Waals surface area contributed by atoms with Gasteiger partial charge in [0.25, 0.3) is 0 Å². The van der Waals surface area contributed by atoms with Gasteiger partial charge in [-0.15, -0.1) is 0 Å². The SMILES string of the molecule is CC(=O)c1cc(OC(F)F)cc(C#N)c1N. The van der Waals surface area contributed by atoms with Gasteiger partial charge in [-0.2, -0.15) is 14.0 Å². The van der Waals surface area contributed by atoms with Crippen molar-refractivity contribution in [1.82, 2.24) is 0 Å². The molecular formula is C10H8F2N2O2. The third kappa shape index (κ3) is 2.45. The third-order valence-electron chi connectivity index (χ3n) is 1.88. The van der Waals surface area contributed by atoms with Gasteiger partial charge in [-0.25, -0.2) is 0 Å². The predicted molar refractivity (Wildman–Crippen MR) is 52.2 cm³/mol. The number of hydrogen-bond acceptors (Lipinski definition) is 4. The smallest absolute Gasteiger partial charge is 0.387 e. The Bertz CT molecular complexity index is 467. The maximum atomic E-state index is 12.0. The van der Waals surface area contributed by atoms with E-state index < -0.39 is 12.4 Å². The van der Waals surface area contributed by atoms with Crippen LogP contribution < -0.4 is 10.5 Å². The number of carbonyl (C=O) groups excluding carboxylic acids is 1. The molecule has 2 N–H and O–H groups in total. The minimum absolute atomic E-state index is 0.00491. The van der Waals surface area contributed by atoms with Crippen molar-refractivity contribution in [3.05, 3.63) is 23.3 Å². The van der Waals surface area contributed by atoms with Crippen LogP contribution in [0, 0.1) is 11.3 Å². The van der Waals surface area contributed by atoms with Crippen molar-refractivity contribution in [2.75, 3.05) is 5.73 Å². The van der Waals surface area contributed by atoms with Crippen LogP contribution >= 0.6 is 0 Å². The predicted octanol–water partition coefficient (Wildman–Crippen LogP) is 1.94. The maximum absolute atomic E-state index is 12.0. The lowest BCUT2D eigenvalue weighted by molar-refractivity contribution is -0.0498. The number of rotatable bonds is 3. The van der Waals surface area contributed by atoms with E-state index in [0.29, 0.717) is 0 Å². The van der Waals surface area contributed by atoms with Crippen molar-refractivity contribution >= 4 is 11.5 Å². The highest BCUT2D eigenvalue weighted by atomic mass is 19.3. The molecule has 0 unspecified atom stereocenters. The molecule has 0 aliphatic carbocycles. The van der Waals surface area contributed by atoms with E-state index in [2.05, 4.69) is 4.74 Å². The molecule has 1 rings (SSSR count). The first-order chi connectivity index (χ1) is 7.45. The molecule has 0 heterocycles. The molecule has 1 aromatic carbocycles. The summed E-state index contributed by atoms with van der Waals surface area (Å²) in [5.41, 5.74) is 5.41. The molecule has 6 heteroatoms. The van der Waals surface area contributed by atoms with Crippen LogP contribution in [0.3, 0.4) is 0 Å². The van der Waals surface area contributed by atoms with Gasteiger partial charge in [0, 0.05) is 11.6 Å². The van der Waals surface area contributed by atoms with E-state index in [-0.39, 0.29) is 22.6 Å². The molecular weight excluding hydrogens is 218 g/mol. The maximum Gasteiger partial charge on any atom is 0.387 e. The number of benzene rings is 1. The van der Waals surface area contributed by atoms with Crippen molar-refractivity contribution in [3.8, 4) is 11.8 Å². The number of anilines is 1. The van der Waals surface area contributed by atoms with Crippen LogP contribution in [0.15, 0.2) is 12.1 Å². The summed E-state index contributed by atoms with van der Waals surface area (Å²) in [6.45, 7) is -1.80. The van der Waals surface area contributed by atoms with Gasteiger partial charge < -0.3 is 10.5 Å². The highest BCUT2D eigenvalue weighted by Crippen LogP contribution is 2.25. The lowest BCUT2D eigenvalue weighted by Crippen LogP contribution is -2.07. The number of halogens is 2. The summed E-state index contributed by atoms with van der Waals surface area (Å²) in [5.74, 6) is -0.681. The summed E-state index contributed by atoms with van der Waals surface area (Å²) >= 11 is 0. The molecule has 0 saturated heterocycles. The first kappa shape index (κ1) is 11.9. The quantitative estimate of drug-likeness (QED) is 0.631. The van der Waals surface area contributed by atoms with Crippen LogP contribution in [0.4, 0.5) is 14.5 Å². The Morgan fingerprint density at radius 2 is 2.19 bits per heavy atom. The Morgan fingerprint density at radius 3 is 2.62 bits per heavy atom. The molecule has 16 heavy (non-hydrogen) atoms. The summed E-state index contributed by atoms with van der Waals surface area (Å²) in [6.07, 6.45) is 0. The van der Waals surface area contributed by atoms with Crippen molar-refractivity contribution in [3.63, 3.8) is 0 Å². The summed E-state index contributed by atoms with van der Waals surface area (Å²) in [6, 6.07) is 3.85. The lowest BCUT2D eigenvalue weighted by Gasteiger charge is -2.09. The minimum atomic E-state index is -3.02. The van der Waals surface area contributed by atoms with Gasteiger partial charge in [0.1, 0.15) is 11.8 Å². The average Bonchev–Trinajstić information content (AvgIpc) is 2.19. The third-order valence-corrected chi connectivity index (χ3v) is 1.88. The van der Waals surface area contributed by atoms with Gasteiger partial charge in [-0.1, -0.05) is 0 Å². The summed E-state index contributed by atoms with van der Waals surface area (Å²) in [7, 11) is 0. The highest BCUT2D eigenvalue weighted by molar-refractivity contribution is 6.00. The van der Waals surface area contributed by atoms with Crippen LogP contribution in [0.25, 0.3) is 0 Å². The molecule has 84 valence electrons. The number of ketones is 1. The van der Waals surface area contributed by atoms with Crippen molar-refractivity contribution in [2.24, 2.45) is 0 Å². The molecule has 0 saturated carbocycles. The number of nitrogens with zero attached hydrogens (tertiary/aromatic N) is 1. The average molecular weight is 226 g/mol. The highest BCUT2D eigenvalue weighted by Gasteiger charge is 2.14. The number of hydrogen-bond donors (Lipinski definition) is 1. The number of alkyl halides is 2. The topological polar surface area (TPSA) is 76.1 Å². The molecule has 0 bridgehead atoms. The Balaban J connectivity index is 3.30. The van der Waals surface area contributed by atoms with E-state index >= 15 is 0 Å². The Kier molecular flexibility index (Phi) is 3.40. The summed E-state index contributed by atoms with van der Waals surface area (Å²) < 4.78 is 28.0. The fourth-order valence-electron chi connectivity index (χ4n) is 1.18. The molecule has 0 amide bonds. The standard InChI is InChI=1S/C10H8F2N2O2/c1-5(15)8-3-7(16-10(11)12)2-6(4-13)9(8)14/h2-3,10H,14H2,1H3. The van der Waals surface area contributed by atoms with E-state index in [9.17, 15) is 13.6 Å². The van der Waals surface area contributed by atoms with E-state index in [1.54, 1.807) is 6.07 Å². The molecule has 4 nitrogen and oxygen atoms in total. The second-order valence-corrected chi connectivity index (χ2v) is 2.98.